The average Bonchev–Trinajstić information content (AvgIpc) is 2.28. The minimum absolute atomic E-state index is 0.349. The number of halogens is 1. The van der Waals surface area contributed by atoms with Gasteiger partial charge in [0.15, 0.2) is 0 Å². The molecule has 1 aromatic carbocycles. The molecule has 0 heterocycles. The summed E-state index contributed by atoms with van der Waals surface area (Å²) in [6.45, 7) is 2.08. The molecule has 15 heavy (non-hydrogen) atoms. The minimum Gasteiger partial charge on any atom is -0.467 e. The largest absolute Gasteiger partial charge is 0.467 e. The molecule has 0 amide bonds. The number of alkyl halides is 1. The second kappa shape index (κ2) is 5.49. The first-order valence-electron chi connectivity index (χ1n) is 4.99. The van der Waals surface area contributed by atoms with Gasteiger partial charge in [-0.1, -0.05) is 37.6 Å². The Labute approximate surface area is 89.1 Å². The first-order valence-corrected chi connectivity index (χ1v) is 4.99. The molecule has 0 saturated heterocycles. The van der Waals surface area contributed by atoms with Gasteiger partial charge in [-0.2, -0.15) is 0 Å². The standard InChI is InChI=1S/C12H15FO2/c1-3-4-9-5-7-10(8-6-9)11(13)12(14)15-2/h5-8,11H,3-4H2,1-2H3. The van der Waals surface area contributed by atoms with Crippen molar-refractivity contribution in [3.63, 3.8) is 0 Å². The third-order valence-corrected chi connectivity index (χ3v) is 2.22. The zero-order valence-corrected chi connectivity index (χ0v) is 9.00. The van der Waals surface area contributed by atoms with E-state index in [-0.39, 0.29) is 0 Å². The first kappa shape index (κ1) is 11.7. The molecule has 0 saturated carbocycles. The van der Waals surface area contributed by atoms with E-state index in [9.17, 15) is 9.18 Å². The summed E-state index contributed by atoms with van der Waals surface area (Å²) in [5.41, 5.74) is 1.50. The van der Waals surface area contributed by atoms with Crippen LogP contribution in [0, 0.1) is 0 Å². The van der Waals surface area contributed by atoms with Crippen LogP contribution in [0.5, 0.6) is 0 Å². The maximum Gasteiger partial charge on any atom is 0.345 e. The molecule has 0 aliphatic rings. The quantitative estimate of drug-likeness (QED) is 0.714. The van der Waals surface area contributed by atoms with E-state index >= 15 is 0 Å². The molecule has 1 unspecified atom stereocenters. The van der Waals surface area contributed by atoms with Gasteiger partial charge in [-0.3, -0.25) is 0 Å². The number of carbonyl (C=O) groups excluding carboxylic acids is 1. The summed E-state index contributed by atoms with van der Waals surface area (Å²) in [5, 5.41) is 0. The zero-order valence-electron chi connectivity index (χ0n) is 9.00. The molecule has 0 fully saturated rings. The minimum atomic E-state index is -1.68. The Morgan fingerprint density at radius 2 is 2.00 bits per heavy atom. The van der Waals surface area contributed by atoms with Gasteiger partial charge in [-0.15, -0.1) is 0 Å². The molecule has 0 spiro atoms. The van der Waals surface area contributed by atoms with Crippen LogP contribution in [0.15, 0.2) is 24.3 Å². The van der Waals surface area contributed by atoms with E-state index in [2.05, 4.69) is 11.7 Å². The predicted octanol–water partition coefficient (Wildman–Crippen LogP) is 2.82. The van der Waals surface area contributed by atoms with Crippen molar-refractivity contribution in [3.05, 3.63) is 35.4 Å². The van der Waals surface area contributed by atoms with Gasteiger partial charge in [-0.05, 0) is 17.5 Å². The van der Waals surface area contributed by atoms with Crippen LogP contribution in [0.2, 0.25) is 0 Å². The van der Waals surface area contributed by atoms with E-state index in [1.807, 2.05) is 12.1 Å². The highest BCUT2D eigenvalue weighted by Gasteiger charge is 2.19. The number of ether oxygens (including phenoxy) is 1. The van der Waals surface area contributed by atoms with E-state index < -0.39 is 12.1 Å². The van der Waals surface area contributed by atoms with E-state index in [1.165, 1.54) is 7.11 Å². The maximum atomic E-state index is 13.4. The van der Waals surface area contributed by atoms with Gasteiger partial charge in [0, 0.05) is 0 Å². The first-order chi connectivity index (χ1) is 7.19. The number of hydrogen-bond donors (Lipinski definition) is 0. The van der Waals surface area contributed by atoms with Gasteiger partial charge in [0.1, 0.15) is 0 Å². The van der Waals surface area contributed by atoms with Crippen molar-refractivity contribution in [2.45, 2.75) is 25.9 Å². The Kier molecular flexibility index (Phi) is 4.28. The fourth-order valence-electron chi connectivity index (χ4n) is 1.38. The lowest BCUT2D eigenvalue weighted by molar-refractivity contribution is -0.146. The number of benzene rings is 1. The van der Waals surface area contributed by atoms with E-state index in [0.717, 1.165) is 18.4 Å². The third kappa shape index (κ3) is 3.05. The fraction of sp³-hybridized carbons (Fsp3) is 0.417. The summed E-state index contributed by atoms with van der Waals surface area (Å²) in [6, 6.07) is 6.95. The Morgan fingerprint density at radius 1 is 1.40 bits per heavy atom. The topological polar surface area (TPSA) is 26.3 Å². The molecule has 82 valence electrons. The molecule has 1 aromatic rings. The molecule has 1 atom stereocenters. The molecule has 0 N–H and O–H groups in total. The molecular weight excluding hydrogens is 195 g/mol. The van der Waals surface area contributed by atoms with Gasteiger partial charge < -0.3 is 4.74 Å². The summed E-state index contributed by atoms with van der Waals surface area (Å²) in [5.74, 6) is -0.849. The Bertz CT molecular complexity index is 319. The summed E-state index contributed by atoms with van der Waals surface area (Å²) in [7, 11) is 1.18. The monoisotopic (exact) mass is 210 g/mol. The maximum absolute atomic E-state index is 13.4. The van der Waals surface area contributed by atoms with E-state index in [0.29, 0.717) is 5.56 Å². The van der Waals surface area contributed by atoms with Crippen molar-refractivity contribution in [2.75, 3.05) is 7.11 Å². The van der Waals surface area contributed by atoms with Crippen molar-refractivity contribution in [1.82, 2.24) is 0 Å². The van der Waals surface area contributed by atoms with Gasteiger partial charge in [0.2, 0.25) is 6.17 Å². The van der Waals surface area contributed by atoms with Crippen molar-refractivity contribution >= 4 is 5.97 Å². The second-order valence-electron chi connectivity index (χ2n) is 3.38. The average molecular weight is 210 g/mol. The van der Waals surface area contributed by atoms with E-state index in [4.69, 9.17) is 0 Å². The molecule has 2 nitrogen and oxygen atoms in total. The highest BCUT2D eigenvalue weighted by atomic mass is 19.1. The fourth-order valence-corrected chi connectivity index (χ4v) is 1.38. The number of methoxy groups -OCH3 is 1. The molecule has 3 heteroatoms. The summed E-state index contributed by atoms with van der Waals surface area (Å²) in [6.07, 6.45) is 0.343. The molecular formula is C12H15FO2. The van der Waals surface area contributed by atoms with Crippen LogP contribution in [0.1, 0.15) is 30.6 Å². The molecule has 1 rings (SSSR count). The number of carbonyl (C=O) groups is 1. The van der Waals surface area contributed by atoms with Crippen LogP contribution in [0.3, 0.4) is 0 Å². The summed E-state index contributed by atoms with van der Waals surface area (Å²) >= 11 is 0. The highest BCUT2D eigenvalue weighted by molar-refractivity contribution is 5.76. The van der Waals surface area contributed by atoms with Crippen molar-refractivity contribution in [3.8, 4) is 0 Å². The van der Waals surface area contributed by atoms with Gasteiger partial charge in [0.05, 0.1) is 7.11 Å². The number of hydrogen-bond acceptors (Lipinski definition) is 2. The van der Waals surface area contributed by atoms with Crippen LogP contribution in [-0.2, 0) is 16.0 Å². The van der Waals surface area contributed by atoms with Gasteiger partial charge in [-0.25, -0.2) is 9.18 Å². The zero-order chi connectivity index (χ0) is 11.3. The van der Waals surface area contributed by atoms with Crippen molar-refractivity contribution < 1.29 is 13.9 Å². The lowest BCUT2D eigenvalue weighted by atomic mass is 10.1. The van der Waals surface area contributed by atoms with E-state index in [1.54, 1.807) is 12.1 Å². The van der Waals surface area contributed by atoms with Crippen molar-refractivity contribution in [2.24, 2.45) is 0 Å². The summed E-state index contributed by atoms with van der Waals surface area (Å²) < 4.78 is 17.7. The second-order valence-corrected chi connectivity index (χ2v) is 3.38. The van der Waals surface area contributed by atoms with Crippen LogP contribution in [0.25, 0.3) is 0 Å². The van der Waals surface area contributed by atoms with Crippen LogP contribution < -0.4 is 0 Å². The van der Waals surface area contributed by atoms with Crippen molar-refractivity contribution in [1.29, 1.82) is 0 Å². The number of rotatable bonds is 4. The normalized spacial score (nSPS) is 12.2. The third-order valence-electron chi connectivity index (χ3n) is 2.22. The lowest BCUT2D eigenvalue weighted by Gasteiger charge is -2.06. The van der Waals surface area contributed by atoms with Crippen LogP contribution in [-0.4, -0.2) is 13.1 Å². The SMILES string of the molecule is CCCc1ccc(C(F)C(=O)OC)cc1. The molecule has 0 aliphatic carbocycles. The summed E-state index contributed by atoms with van der Waals surface area (Å²) in [4.78, 5) is 10.9. The number of esters is 1. The molecule has 0 radical (unpaired) electrons. The van der Waals surface area contributed by atoms with Gasteiger partial charge in [0.25, 0.3) is 0 Å². The Hall–Kier alpha value is -1.38. The van der Waals surface area contributed by atoms with Gasteiger partial charge >= 0.3 is 5.97 Å². The van der Waals surface area contributed by atoms with Crippen LogP contribution in [0.4, 0.5) is 4.39 Å². The number of aryl methyl sites for hydroxylation is 1. The molecule has 0 aliphatic heterocycles. The predicted molar refractivity (Wildman–Crippen MR) is 56.3 cm³/mol. The van der Waals surface area contributed by atoms with Crippen LogP contribution >= 0.6 is 0 Å². The molecule has 0 bridgehead atoms. The highest BCUT2D eigenvalue weighted by Crippen LogP contribution is 2.19. The molecule has 0 aromatic heterocycles. The smallest absolute Gasteiger partial charge is 0.345 e. The Morgan fingerprint density at radius 3 is 2.47 bits per heavy atom. The lowest BCUT2D eigenvalue weighted by Crippen LogP contribution is -2.09. The Balaban J connectivity index is 2.75.